The van der Waals surface area contributed by atoms with Crippen molar-refractivity contribution in [1.82, 2.24) is 0 Å². The lowest BCUT2D eigenvalue weighted by molar-refractivity contribution is 0.103. The maximum atomic E-state index is 12.4. The van der Waals surface area contributed by atoms with Gasteiger partial charge in [-0.05, 0) is 30.2 Å². The van der Waals surface area contributed by atoms with Gasteiger partial charge in [-0.3, -0.25) is 4.79 Å². The lowest BCUT2D eigenvalue weighted by Gasteiger charge is -2.06. The zero-order chi connectivity index (χ0) is 13.1. The van der Waals surface area contributed by atoms with Gasteiger partial charge < -0.3 is 0 Å². The minimum atomic E-state index is 0.0321. The van der Waals surface area contributed by atoms with Crippen molar-refractivity contribution < 1.29 is 4.79 Å². The average Bonchev–Trinajstić information content (AvgIpc) is 2.41. The second-order valence-corrected chi connectivity index (χ2v) is 5.18. The van der Waals surface area contributed by atoms with Crippen LogP contribution in [0.4, 0.5) is 0 Å². The van der Waals surface area contributed by atoms with Gasteiger partial charge in [0.15, 0.2) is 5.78 Å². The number of carbonyl (C=O) groups excluding carboxylic acids is 1. The van der Waals surface area contributed by atoms with Crippen LogP contribution >= 0.6 is 28.1 Å². The van der Waals surface area contributed by atoms with Crippen LogP contribution in [0.15, 0.2) is 46.9 Å². The fourth-order valence-electron chi connectivity index (χ4n) is 1.71. The molecule has 0 unspecified atom stereocenters. The number of aryl methyl sites for hydroxylation is 1. The second-order valence-electron chi connectivity index (χ2n) is 4.03. The summed E-state index contributed by atoms with van der Waals surface area (Å²) in [6, 6.07) is 13.0. The monoisotopic (exact) mass is 318 g/mol. The molecule has 1 nitrogen and oxygen atoms in total. The number of hydrogen-bond acceptors (Lipinski definition) is 2. The van der Waals surface area contributed by atoms with Crippen molar-refractivity contribution in [3.8, 4) is 0 Å². The molecule has 2 aromatic carbocycles. The molecule has 0 fully saturated rings. The third-order valence-corrected chi connectivity index (χ3v) is 3.52. The van der Waals surface area contributed by atoms with Crippen LogP contribution in [0.25, 0.3) is 0 Å². The largest absolute Gasteiger partial charge is 0.289 e. The molecular formula is C15H11BrOS. The van der Waals surface area contributed by atoms with E-state index in [-0.39, 0.29) is 5.78 Å². The van der Waals surface area contributed by atoms with E-state index in [1.54, 1.807) is 17.5 Å². The molecule has 0 aromatic heterocycles. The maximum absolute atomic E-state index is 12.4. The van der Waals surface area contributed by atoms with Gasteiger partial charge in [0.25, 0.3) is 0 Å². The van der Waals surface area contributed by atoms with E-state index in [4.69, 9.17) is 12.2 Å². The van der Waals surface area contributed by atoms with Crippen molar-refractivity contribution in [2.24, 2.45) is 0 Å². The zero-order valence-corrected chi connectivity index (χ0v) is 12.2. The third-order valence-electron chi connectivity index (χ3n) is 2.75. The number of hydrogen-bond donors (Lipinski definition) is 0. The van der Waals surface area contributed by atoms with Crippen molar-refractivity contribution in [3.05, 3.63) is 69.2 Å². The molecule has 0 aliphatic rings. The highest BCUT2D eigenvalue weighted by atomic mass is 79.9. The van der Waals surface area contributed by atoms with Crippen molar-refractivity contribution >= 4 is 39.3 Å². The Labute approximate surface area is 120 Å². The predicted octanol–water partition coefficient (Wildman–Crippen LogP) is 4.34. The Morgan fingerprint density at radius 3 is 2.44 bits per heavy atom. The topological polar surface area (TPSA) is 17.1 Å². The second kappa shape index (κ2) is 5.55. The van der Waals surface area contributed by atoms with Crippen LogP contribution in [0.5, 0.6) is 0 Å². The first-order valence-electron chi connectivity index (χ1n) is 5.48. The first-order valence-corrected chi connectivity index (χ1v) is 6.74. The Morgan fingerprint density at radius 2 is 1.83 bits per heavy atom. The summed E-state index contributed by atoms with van der Waals surface area (Å²) in [5.41, 5.74) is 3.31. The smallest absolute Gasteiger partial charge is 0.193 e. The first kappa shape index (κ1) is 13.1. The number of rotatable bonds is 3. The van der Waals surface area contributed by atoms with Gasteiger partial charge in [-0.25, -0.2) is 0 Å². The van der Waals surface area contributed by atoms with E-state index in [0.717, 1.165) is 21.2 Å². The SMILES string of the molecule is Cc1ccc(Br)cc1C(=O)c1ccc(C=S)cc1. The Morgan fingerprint density at radius 1 is 1.17 bits per heavy atom. The molecular weight excluding hydrogens is 308 g/mol. The van der Waals surface area contributed by atoms with Gasteiger partial charge in [0.1, 0.15) is 0 Å². The van der Waals surface area contributed by atoms with Gasteiger partial charge in [-0.1, -0.05) is 58.5 Å². The Bertz CT molecular complexity index is 602. The summed E-state index contributed by atoms with van der Waals surface area (Å²) in [4.78, 5) is 12.4. The van der Waals surface area contributed by atoms with Crippen LogP contribution in [0.1, 0.15) is 27.0 Å². The summed E-state index contributed by atoms with van der Waals surface area (Å²) >= 11 is 8.23. The van der Waals surface area contributed by atoms with E-state index in [9.17, 15) is 4.79 Å². The molecule has 0 saturated heterocycles. The molecule has 2 rings (SSSR count). The van der Waals surface area contributed by atoms with E-state index in [1.807, 2.05) is 37.3 Å². The number of benzene rings is 2. The third kappa shape index (κ3) is 2.74. The quantitative estimate of drug-likeness (QED) is 0.618. The summed E-state index contributed by atoms with van der Waals surface area (Å²) in [5, 5.41) is 1.60. The van der Waals surface area contributed by atoms with E-state index in [2.05, 4.69) is 15.9 Å². The van der Waals surface area contributed by atoms with Crippen LogP contribution in [-0.2, 0) is 0 Å². The first-order chi connectivity index (χ1) is 8.61. The molecule has 0 aliphatic carbocycles. The van der Waals surface area contributed by atoms with E-state index >= 15 is 0 Å². The Kier molecular flexibility index (Phi) is 4.04. The van der Waals surface area contributed by atoms with Gasteiger partial charge >= 0.3 is 0 Å². The van der Waals surface area contributed by atoms with Crippen LogP contribution in [-0.4, -0.2) is 11.2 Å². The highest BCUT2D eigenvalue weighted by molar-refractivity contribution is 9.10. The highest BCUT2D eigenvalue weighted by Gasteiger charge is 2.11. The molecule has 3 heteroatoms. The van der Waals surface area contributed by atoms with Crippen molar-refractivity contribution in [3.63, 3.8) is 0 Å². The van der Waals surface area contributed by atoms with Gasteiger partial charge in [0.05, 0.1) is 0 Å². The molecule has 0 atom stereocenters. The normalized spacial score (nSPS) is 10.1. The fraction of sp³-hybridized carbons (Fsp3) is 0.0667. The lowest BCUT2D eigenvalue weighted by Crippen LogP contribution is -2.03. The van der Waals surface area contributed by atoms with Gasteiger partial charge in [0.2, 0.25) is 0 Å². The zero-order valence-electron chi connectivity index (χ0n) is 9.81. The molecule has 18 heavy (non-hydrogen) atoms. The summed E-state index contributed by atoms with van der Waals surface area (Å²) in [5.74, 6) is 0.0321. The van der Waals surface area contributed by atoms with Crippen LogP contribution < -0.4 is 0 Å². The molecule has 0 radical (unpaired) electrons. The Hall–Kier alpha value is -1.32. The molecule has 0 saturated carbocycles. The summed E-state index contributed by atoms with van der Waals surface area (Å²) in [6.45, 7) is 1.94. The highest BCUT2D eigenvalue weighted by Crippen LogP contribution is 2.19. The summed E-state index contributed by atoms with van der Waals surface area (Å²) < 4.78 is 0.909. The molecule has 2 aromatic rings. The minimum Gasteiger partial charge on any atom is -0.289 e. The predicted molar refractivity (Wildman–Crippen MR) is 81.5 cm³/mol. The molecule has 0 spiro atoms. The minimum absolute atomic E-state index is 0.0321. The molecule has 0 bridgehead atoms. The van der Waals surface area contributed by atoms with E-state index in [0.29, 0.717) is 5.56 Å². The number of thiocarbonyl (C=S) groups is 1. The fourth-order valence-corrected chi connectivity index (χ4v) is 2.23. The lowest BCUT2D eigenvalue weighted by atomic mass is 9.99. The van der Waals surface area contributed by atoms with Gasteiger partial charge in [-0.15, -0.1) is 0 Å². The molecule has 0 N–H and O–H groups in total. The van der Waals surface area contributed by atoms with Crippen LogP contribution in [0.3, 0.4) is 0 Å². The Balaban J connectivity index is 2.40. The van der Waals surface area contributed by atoms with Crippen molar-refractivity contribution in [2.45, 2.75) is 6.92 Å². The summed E-state index contributed by atoms with van der Waals surface area (Å²) in [6.07, 6.45) is 0. The van der Waals surface area contributed by atoms with Crippen LogP contribution in [0, 0.1) is 6.92 Å². The average molecular weight is 319 g/mol. The van der Waals surface area contributed by atoms with Crippen LogP contribution in [0.2, 0.25) is 0 Å². The number of halogens is 1. The molecule has 90 valence electrons. The van der Waals surface area contributed by atoms with Crippen molar-refractivity contribution in [1.29, 1.82) is 0 Å². The standard InChI is InChI=1S/C15H11BrOS/c1-10-2-7-13(16)8-14(10)15(17)12-5-3-11(9-18)4-6-12/h2-9H,1H3. The number of ketones is 1. The van der Waals surface area contributed by atoms with Crippen molar-refractivity contribution in [2.75, 3.05) is 0 Å². The van der Waals surface area contributed by atoms with Gasteiger partial charge in [-0.2, -0.15) is 0 Å². The molecule has 0 heterocycles. The molecule has 0 amide bonds. The van der Waals surface area contributed by atoms with E-state index in [1.165, 1.54) is 0 Å². The maximum Gasteiger partial charge on any atom is 0.193 e. The molecule has 0 aliphatic heterocycles. The summed E-state index contributed by atoms with van der Waals surface area (Å²) in [7, 11) is 0. The number of carbonyl (C=O) groups is 1. The van der Waals surface area contributed by atoms with E-state index < -0.39 is 0 Å². The van der Waals surface area contributed by atoms with Gasteiger partial charge in [0, 0.05) is 21.0 Å².